The zero-order chi connectivity index (χ0) is 33.6. The van der Waals surface area contributed by atoms with Gasteiger partial charge in [-0.05, 0) is 61.9 Å². The maximum absolute atomic E-state index is 13.9. The first-order chi connectivity index (χ1) is 21.7. The average Bonchev–Trinajstić information content (AvgIpc) is 3.60. The van der Waals surface area contributed by atoms with Gasteiger partial charge in [0, 0.05) is 37.8 Å². The minimum Gasteiger partial charge on any atom is -0.391 e. The van der Waals surface area contributed by atoms with Crippen molar-refractivity contribution in [2.45, 2.75) is 104 Å². The summed E-state index contributed by atoms with van der Waals surface area (Å²) in [5.74, 6) is 6.08. The van der Waals surface area contributed by atoms with Gasteiger partial charge in [0.2, 0.25) is 19.2 Å². The minimum atomic E-state index is -0.867. The molecule has 249 valence electrons. The van der Waals surface area contributed by atoms with Crippen molar-refractivity contribution in [3.8, 4) is 16.2 Å². The van der Waals surface area contributed by atoms with Gasteiger partial charge in [-0.3, -0.25) is 14.4 Å². The number of β-amino-alcohol motifs (C(OH)–C–C–N with tert-alkyl or cyclic N) is 1. The Kier molecular flexibility index (Phi) is 11.9. The van der Waals surface area contributed by atoms with Crippen molar-refractivity contribution in [3.63, 3.8) is 0 Å². The Balaban J connectivity index is 1.32. The number of hydrogen-bond donors (Lipinski definition) is 5. The van der Waals surface area contributed by atoms with Crippen molar-refractivity contribution >= 4 is 36.5 Å². The van der Waals surface area contributed by atoms with E-state index in [1.54, 1.807) is 47.1 Å². The Labute approximate surface area is 276 Å². The summed E-state index contributed by atoms with van der Waals surface area (Å²) in [6.45, 7) is 11.2. The minimum absolute atomic E-state index is 0.0664. The van der Waals surface area contributed by atoms with Crippen LogP contribution in [-0.2, 0) is 14.4 Å². The lowest BCUT2D eigenvalue weighted by atomic mass is 9.65. The topological polar surface area (TPSA) is 162 Å². The molecule has 1 aromatic carbocycles. The molecule has 3 atom stereocenters. The third-order valence-electron chi connectivity index (χ3n) is 8.49. The van der Waals surface area contributed by atoms with Crippen LogP contribution in [0.1, 0.15) is 72.4 Å². The third kappa shape index (κ3) is 9.31. The van der Waals surface area contributed by atoms with E-state index in [-0.39, 0.29) is 36.6 Å². The van der Waals surface area contributed by atoms with E-state index in [1.165, 1.54) is 11.8 Å². The first-order valence-corrected chi connectivity index (χ1v) is 16.6. The van der Waals surface area contributed by atoms with Crippen LogP contribution in [0.4, 0.5) is 0 Å². The number of hydrazine groups is 1. The molecule has 1 saturated heterocycles. The van der Waals surface area contributed by atoms with Crippen LogP contribution in [0.3, 0.4) is 0 Å². The number of allylic oxidation sites excluding steroid dienone is 1. The quantitative estimate of drug-likeness (QED) is 0.140. The number of aromatic nitrogens is 1. The maximum atomic E-state index is 13.9. The van der Waals surface area contributed by atoms with Crippen molar-refractivity contribution in [1.29, 1.82) is 0 Å². The molecule has 2 aromatic rings. The molecule has 0 unspecified atom stereocenters. The molecule has 2 fully saturated rings. The van der Waals surface area contributed by atoms with E-state index in [0.29, 0.717) is 11.4 Å². The molecule has 2 aliphatic rings. The Morgan fingerprint density at radius 1 is 1.17 bits per heavy atom. The lowest BCUT2D eigenvalue weighted by Crippen LogP contribution is -2.58. The smallest absolute Gasteiger partial charge is 0.275 e. The van der Waals surface area contributed by atoms with Gasteiger partial charge < -0.3 is 30.4 Å². The molecule has 1 radical (unpaired) electrons. The molecule has 1 saturated carbocycles. The number of rotatable bonds is 11. The van der Waals surface area contributed by atoms with Gasteiger partial charge in [-0.15, -0.1) is 11.3 Å². The van der Waals surface area contributed by atoms with E-state index in [0.717, 1.165) is 41.8 Å². The number of nitrogens with two attached hydrogens (primary N) is 1. The highest BCUT2D eigenvalue weighted by Crippen LogP contribution is 2.32. The molecule has 12 nitrogen and oxygen atoms in total. The summed E-state index contributed by atoms with van der Waals surface area (Å²) in [7, 11) is 2.01. The molecule has 4 rings (SSSR count). The largest absolute Gasteiger partial charge is 0.391 e. The summed E-state index contributed by atoms with van der Waals surface area (Å²) < 4.78 is 0. The van der Waals surface area contributed by atoms with Gasteiger partial charge in [-0.2, -0.15) is 5.48 Å². The molecule has 6 N–H and O–H groups in total. The van der Waals surface area contributed by atoms with Gasteiger partial charge in [-0.25, -0.2) is 10.8 Å². The number of nitrogens with zero attached hydrogens (tertiary/aromatic N) is 3. The van der Waals surface area contributed by atoms with E-state index in [9.17, 15) is 19.5 Å². The lowest BCUT2D eigenvalue weighted by molar-refractivity contribution is -0.144. The fourth-order valence-corrected chi connectivity index (χ4v) is 6.84. The zero-order valence-electron chi connectivity index (χ0n) is 27.6. The summed E-state index contributed by atoms with van der Waals surface area (Å²) in [5.41, 5.74) is 6.47. The Morgan fingerprint density at radius 3 is 2.43 bits per heavy atom. The number of carbonyl (C=O) groups excluding carboxylic acids is 3. The molecular formula is C32H47BN7O5S. The molecule has 0 spiro atoms. The number of carbonyl (C=O) groups is 3. The van der Waals surface area contributed by atoms with Crippen molar-refractivity contribution < 1.29 is 24.3 Å². The standard InChI is InChI=1S/C32H47BN7O5S/c1-19(36-21(3)41)16-40(34)24-11-9-23(10-12-24)33-37-29(32(4,5)6)31(44)39-17-25(42)15-27(39)30(43)38-45-26-13-7-22(8-14-26)28-20(2)35-18-46-28/h7-8,13-14,16,18,23-25,27,29,37,42H,9-12,15,17,34H2,1-6H3,(H,36,41)(H,38,43)/b19-16+/t23?,24?,25-,27+,29-/m1/s1. The molecule has 14 heteroatoms. The number of hydroxylamine groups is 1. The van der Waals surface area contributed by atoms with Crippen LogP contribution in [-0.4, -0.2) is 75.9 Å². The molecule has 46 heavy (non-hydrogen) atoms. The summed E-state index contributed by atoms with van der Waals surface area (Å²) >= 11 is 1.56. The SMILES string of the molecule is CC(=O)N/C(C)=C/N(N)C1CCC([B]N[C@H](C(=O)N2C[C@H](O)C[C@H]2C(=O)NOc2ccc(-c3scnc3C)cc2)C(C)(C)C)CC1. The van der Waals surface area contributed by atoms with Crippen LogP contribution in [0.25, 0.3) is 10.4 Å². The highest BCUT2D eigenvalue weighted by Gasteiger charge is 2.44. The molecule has 0 bridgehead atoms. The summed E-state index contributed by atoms with van der Waals surface area (Å²) in [6.07, 6.45) is 4.57. The molecule has 1 aliphatic carbocycles. The molecule has 2 heterocycles. The van der Waals surface area contributed by atoms with Crippen LogP contribution in [0, 0.1) is 12.3 Å². The molecular weight excluding hydrogens is 605 g/mol. The predicted molar refractivity (Wildman–Crippen MR) is 179 cm³/mol. The van der Waals surface area contributed by atoms with Gasteiger partial charge in [0.15, 0.2) is 5.75 Å². The van der Waals surface area contributed by atoms with Gasteiger partial charge >= 0.3 is 0 Å². The Hall–Kier alpha value is -3.46. The second-order valence-electron chi connectivity index (χ2n) is 13.4. The van der Waals surface area contributed by atoms with Crippen molar-refractivity contribution in [1.82, 2.24) is 30.9 Å². The highest BCUT2D eigenvalue weighted by atomic mass is 32.1. The van der Waals surface area contributed by atoms with Crippen molar-refractivity contribution in [3.05, 3.63) is 47.4 Å². The van der Waals surface area contributed by atoms with E-state index in [2.05, 4.69) is 21.0 Å². The van der Waals surface area contributed by atoms with Crippen LogP contribution in [0.5, 0.6) is 5.75 Å². The molecule has 1 aromatic heterocycles. The number of thiazole rings is 1. The number of aliphatic hydroxyl groups is 1. The summed E-state index contributed by atoms with van der Waals surface area (Å²) in [4.78, 5) is 50.9. The predicted octanol–water partition coefficient (Wildman–Crippen LogP) is 3.02. The number of nitrogens with one attached hydrogen (secondary N) is 3. The average molecular weight is 653 g/mol. The maximum Gasteiger partial charge on any atom is 0.275 e. The van der Waals surface area contributed by atoms with Crippen LogP contribution in [0.2, 0.25) is 5.82 Å². The fraction of sp³-hybridized carbons (Fsp3) is 0.562. The third-order valence-corrected chi connectivity index (χ3v) is 9.46. The monoisotopic (exact) mass is 652 g/mol. The van der Waals surface area contributed by atoms with Crippen LogP contribution in [0.15, 0.2) is 41.7 Å². The Bertz CT molecular complexity index is 1390. The highest BCUT2D eigenvalue weighted by molar-refractivity contribution is 7.13. The molecule has 1 aliphatic heterocycles. The normalized spacial score (nSPS) is 22.6. The number of aryl methyl sites for hydroxylation is 1. The first-order valence-electron chi connectivity index (χ1n) is 15.8. The molecule has 3 amide bonds. The van der Waals surface area contributed by atoms with Crippen LogP contribution >= 0.6 is 11.3 Å². The zero-order valence-corrected chi connectivity index (χ0v) is 28.4. The number of amides is 3. The van der Waals surface area contributed by atoms with Crippen LogP contribution < -0.4 is 26.7 Å². The lowest BCUT2D eigenvalue weighted by Gasteiger charge is -2.37. The first kappa shape index (κ1) is 35.4. The van der Waals surface area contributed by atoms with E-state index >= 15 is 0 Å². The van der Waals surface area contributed by atoms with Gasteiger partial charge in [0.25, 0.3) is 5.91 Å². The van der Waals surface area contributed by atoms with Gasteiger partial charge in [0.05, 0.1) is 28.2 Å². The number of hydrogen-bond acceptors (Lipinski definition) is 10. The summed E-state index contributed by atoms with van der Waals surface area (Å²) in [6, 6.07) is 6.01. The number of aliphatic hydroxyl groups excluding tert-OH is 1. The second-order valence-corrected chi connectivity index (χ2v) is 14.3. The number of likely N-dealkylation sites (tertiary alicyclic amines) is 1. The van der Waals surface area contributed by atoms with Crippen molar-refractivity contribution in [2.24, 2.45) is 11.3 Å². The van der Waals surface area contributed by atoms with E-state index in [4.69, 9.17) is 10.7 Å². The van der Waals surface area contributed by atoms with Gasteiger partial charge in [0.1, 0.15) is 6.04 Å². The van der Waals surface area contributed by atoms with E-state index in [1.807, 2.05) is 47.2 Å². The summed E-state index contributed by atoms with van der Waals surface area (Å²) in [5, 5.41) is 18.3. The Morgan fingerprint density at radius 2 is 1.85 bits per heavy atom. The number of benzene rings is 1. The van der Waals surface area contributed by atoms with Crippen molar-refractivity contribution in [2.75, 3.05) is 6.54 Å². The van der Waals surface area contributed by atoms with E-state index < -0.39 is 29.5 Å². The second kappa shape index (κ2) is 15.4. The van der Waals surface area contributed by atoms with Gasteiger partial charge in [-0.1, -0.05) is 39.4 Å². The fourth-order valence-electron chi connectivity index (χ4n) is 6.03.